The topological polar surface area (TPSA) is 36.1 Å². The third-order valence-electron chi connectivity index (χ3n) is 4.27. The van der Waals surface area contributed by atoms with E-state index in [0.717, 1.165) is 41.9 Å². The number of nitrogens with zero attached hydrogens (tertiary/aromatic N) is 1. The number of halogens is 1. The molecule has 2 heterocycles. The van der Waals surface area contributed by atoms with Crippen molar-refractivity contribution in [3.8, 4) is 0 Å². The second-order valence-corrected chi connectivity index (χ2v) is 6.67. The first kappa shape index (κ1) is 14.5. The summed E-state index contributed by atoms with van der Waals surface area (Å²) in [6, 6.07) is 8.08. The lowest BCUT2D eigenvalue weighted by Gasteiger charge is -2.33. The van der Waals surface area contributed by atoms with Crippen LogP contribution in [-0.4, -0.2) is 28.9 Å². The number of carbonyl (C=O) groups excluding carboxylic acids is 1. The standard InChI is InChI=1S/C17H21ClN2O/c1-11(2)17(21)20-7-3-4-12(10-20)16-9-13-8-14(18)5-6-15(13)19-16/h5-6,8-9,11-12,19H,3-4,7,10H2,1-2H3. The Morgan fingerprint density at radius 3 is 2.95 bits per heavy atom. The molecule has 1 aromatic heterocycles. The van der Waals surface area contributed by atoms with Gasteiger partial charge in [0.05, 0.1) is 0 Å². The maximum atomic E-state index is 12.2. The molecule has 21 heavy (non-hydrogen) atoms. The van der Waals surface area contributed by atoms with Crippen LogP contribution in [0.3, 0.4) is 0 Å². The van der Waals surface area contributed by atoms with Gasteiger partial charge in [0, 0.05) is 46.5 Å². The van der Waals surface area contributed by atoms with Gasteiger partial charge in [0.1, 0.15) is 0 Å². The van der Waals surface area contributed by atoms with Gasteiger partial charge in [0.15, 0.2) is 0 Å². The van der Waals surface area contributed by atoms with Crippen LogP contribution in [0.2, 0.25) is 5.02 Å². The van der Waals surface area contributed by atoms with Crippen LogP contribution in [-0.2, 0) is 4.79 Å². The Kier molecular flexibility index (Phi) is 3.94. The lowest BCUT2D eigenvalue weighted by atomic mass is 9.94. The van der Waals surface area contributed by atoms with E-state index in [0.29, 0.717) is 5.92 Å². The predicted molar refractivity (Wildman–Crippen MR) is 86.7 cm³/mol. The van der Waals surface area contributed by atoms with E-state index in [-0.39, 0.29) is 11.8 Å². The van der Waals surface area contributed by atoms with Gasteiger partial charge in [-0.05, 0) is 37.1 Å². The van der Waals surface area contributed by atoms with Gasteiger partial charge in [0.2, 0.25) is 5.91 Å². The Labute approximate surface area is 130 Å². The molecule has 1 atom stereocenters. The molecule has 1 amide bonds. The fourth-order valence-corrected chi connectivity index (χ4v) is 3.32. The van der Waals surface area contributed by atoms with E-state index in [9.17, 15) is 4.79 Å². The number of hydrogen-bond donors (Lipinski definition) is 1. The van der Waals surface area contributed by atoms with Crippen molar-refractivity contribution in [2.24, 2.45) is 5.92 Å². The van der Waals surface area contributed by atoms with E-state index in [1.807, 2.05) is 36.9 Å². The van der Waals surface area contributed by atoms with E-state index in [2.05, 4.69) is 11.1 Å². The number of benzene rings is 1. The number of likely N-dealkylation sites (tertiary alicyclic amines) is 1. The van der Waals surface area contributed by atoms with Crippen molar-refractivity contribution in [3.05, 3.63) is 35.0 Å². The highest BCUT2D eigenvalue weighted by atomic mass is 35.5. The number of aromatic nitrogens is 1. The fraction of sp³-hybridized carbons (Fsp3) is 0.471. The summed E-state index contributed by atoms with van der Waals surface area (Å²) < 4.78 is 0. The SMILES string of the molecule is CC(C)C(=O)N1CCCC(c2cc3cc(Cl)ccc3[nH]2)C1. The number of aromatic amines is 1. The molecule has 112 valence electrons. The third kappa shape index (κ3) is 2.93. The number of carbonyl (C=O) groups is 1. The van der Waals surface area contributed by atoms with Crippen LogP contribution in [0.15, 0.2) is 24.3 Å². The van der Waals surface area contributed by atoms with Gasteiger partial charge in [-0.25, -0.2) is 0 Å². The molecule has 3 rings (SSSR count). The van der Waals surface area contributed by atoms with E-state index >= 15 is 0 Å². The van der Waals surface area contributed by atoms with Crippen molar-refractivity contribution in [2.45, 2.75) is 32.6 Å². The summed E-state index contributed by atoms with van der Waals surface area (Å²) in [6.07, 6.45) is 2.20. The van der Waals surface area contributed by atoms with Crippen LogP contribution in [0.4, 0.5) is 0 Å². The zero-order valence-corrected chi connectivity index (χ0v) is 13.3. The summed E-state index contributed by atoms with van der Waals surface area (Å²) in [5.41, 5.74) is 2.33. The van der Waals surface area contributed by atoms with Gasteiger partial charge >= 0.3 is 0 Å². The molecule has 0 saturated carbocycles. The Morgan fingerprint density at radius 1 is 1.38 bits per heavy atom. The van der Waals surface area contributed by atoms with Crippen molar-refractivity contribution in [1.82, 2.24) is 9.88 Å². The molecule has 1 fully saturated rings. The zero-order valence-electron chi connectivity index (χ0n) is 12.5. The number of fused-ring (bicyclic) bond motifs is 1. The van der Waals surface area contributed by atoms with Crippen LogP contribution in [0.5, 0.6) is 0 Å². The van der Waals surface area contributed by atoms with Gasteiger partial charge in [-0.1, -0.05) is 25.4 Å². The molecular weight excluding hydrogens is 284 g/mol. The van der Waals surface area contributed by atoms with E-state index in [1.165, 1.54) is 5.69 Å². The molecule has 0 spiro atoms. The van der Waals surface area contributed by atoms with Crippen LogP contribution < -0.4 is 0 Å². The molecule has 0 radical (unpaired) electrons. The second-order valence-electron chi connectivity index (χ2n) is 6.23. The third-order valence-corrected chi connectivity index (χ3v) is 4.51. The lowest BCUT2D eigenvalue weighted by molar-refractivity contribution is -0.135. The molecule has 1 aromatic carbocycles. The summed E-state index contributed by atoms with van der Waals surface area (Å²) in [5.74, 6) is 0.733. The van der Waals surface area contributed by atoms with Gasteiger partial charge in [-0.15, -0.1) is 0 Å². The van der Waals surface area contributed by atoms with Gasteiger partial charge in [0.25, 0.3) is 0 Å². The van der Waals surface area contributed by atoms with Crippen LogP contribution in [0.25, 0.3) is 10.9 Å². The molecule has 2 aromatic rings. The summed E-state index contributed by atoms with van der Waals surface area (Å²) in [5, 5.41) is 1.90. The predicted octanol–water partition coefficient (Wildman–Crippen LogP) is 4.18. The van der Waals surface area contributed by atoms with Crippen LogP contribution in [0, 0.1) is 5.92 Å². The molecule has 1 unspecified atom stereocenters. The first-order chi connectivity index (χ1) is 10.0. The average molecular weight is 305 g/mol. The maximum Gasteiger partial charge on any atom is 0.225 e. The Balaban J connectivity index is 1.83. The second kappa shape index (κ2) is 5.72. The number of hydrogen-bond acceptors (Lipinski definition) is 1. The summed E-state index contributed by atoms with van der Waals surface area (Å²) >= 11 is 6.05. The average Bonchev–Trinajstić information content (AvgIpc) is 2.89. The Bertz CT molecular complexity index is 662. The van der Waals surface area contributed by atoms with Crippen molar-refractivity contribution >= 4 is 28.4 Å². The van der Waals surface area contributed by atoms with Gasteiger partial charge < -0.3 is 9.88 Å². The minimum Gasteiger partial charge on any atom is -0.358 e. The zero-order chi connectivity index (χ0) is 15.0. The highest BCUT2D eigenvalue weighted by Crippen LogP contribution is 2.30. The molecule has 3 nitrogen and oxygen atoms in total. The lowest BCUT2D eigenvalue weighted by Crippen LogP contribution is -2.41. The molecule has 4 heteroatoms. The molecular formula is C17H21ClN2O. The minimum absolute atomic E-state index is 0.0743. The van der Waals surface area contributed by atoms with E-state index < -0.39 is 0 Å². The number of nitrogens with one attached hydrogen (secondary N) is 1. The van der Waals surface area contributed by atoms with Crippen LogP contribution >= 0.6 is 11.6 Å². The number of rotatable bonds is 2. The molecule has 1 saturated heterocycles. The van der Waals surface area contributed by atoms with E-state index in [4.69, 9.17) is 11.6 Å². The Morgan fingerprint density at radius 2 is 2.19 bits per heavy atom. The summed E-state index contributed by atoms with van der Waals surface area (Å²) in [7, 11) is 0. The van der Waals surface area contributed by atoms with Gasteiger partial charge in [-0.3, -0.25) is 4.79 Å². The number of piperidine rings is 1. The van der Waals surface area contributed by atoms with Crippen molar-refractivity contribution < 1.29 is 4.79 Å². The quantitative estimate of drug-likeness (QED) is 0.887. The molecule has 0 bridgehead atoms. The molecule has 0 aliphatic carbocycles. The monoisotopic (exact) mass is 304 g/mol. The van der Waals surface area contributed by atoms with Crippen molar-refractivity contribution in [1.29, 1.82) is 0 Å². The first-order valence-electron chi connectivity index (χ1n) is 7.61. The maximum absolute atomic E-state index is 12.2. The number of H-pyrrole nitrogens is 1. The highest BCUT2D eigenvalue weighted by molar-refractivity contribution is 6.31. The molecule has 1 N–H and O–H groups in total. The fourth-order valence-electron chi connectivity index (χ4n) is 3.14. The minimum atomic E-state index is 0.0743. The highest BCUT2D eigenvalue weighted by Gasteiger charge is 2.26. The Hall–Kier alpha value is -1.48. The summed E-state index contributed by atoms with van der Waals surface area (Å²) in [4.78, 5) is 17.7. The first-order valence-corrected chi connectivity index (χ1v) is 7.99. The smallest absolute Gasteiger partial charge is 0.225 e. The van der Waals surface area contributed by atoms with Crippen LogP contribution in [0.1, 0.15) is 38.3 Å². The molecule has 1 aliphatic heterocycles. The number of amides is 1. The normalized spacial score (nSPS) is 19.4. The van der Waals surface area contributed by atoms with Crippen molar-refractivity contribution in [3.63, 3.8) is 0 Å². The van der Waals surface area contributed by atoms with Crippen molar-refractivity contribution in [2.75, 3.05) is 13.1 Å². The molecule has 1 aliphatic rings. The summed E-state index contributed by atoms with van der Waals surface area (Å²) in [6.45, 7) is 5.64. The van der Waals surface area contributed by atoms with E-state index in [1.54, 1.807) is 0 Å². The van der Waals surface area contributed by atoms with Gasteiger partial charge in [-0.2, -0.15) is 0 Å². The largest absolute Gasteiger partial charge is 0.358 e.